The van der Waals surface area contributed by atoms with Crippen LogP contribution >= 0.6 is 0 Å². The Balaban J connectivity index is 0.000000248. The molecule has 4 aliphatic rings. The molecule has 1 aromatic rings. The molecule has 2 fully saturated rings. The number of aromatic hydroxyl groups is 1. The maximum Gasteiger partial charge on any atom is 0.333 e. The normalized spacial score (nSPS) is 32.0. The van der Waals surface area contributed by atoms with Gasteiger partial charge in [-0.3, -0.25) is 14.5 Å². The Morgan fingerprint density at radius 2 is 2.03 bits per heavy atom. The molecule has 1 spiro atoms. The number of aliphatic hydroxyl groups excluding tert-OH is 1. The van der Waals surface area contributed by atoms with Crippen molar-refractivity contribution < 1.29 is 44.7 Å². The second-order valence-electron chi connectivity index (χ2n) is 9.01. The third kappa shape index (κ3) is 3.32. The summed E-state index contributed by atoms with van der Waals surface area (Å²) in [6, 6.07) is 3.52. The number of Topliss-reactive ketones (excluding diaryl/α,β-unsaturated/α-hetero) is 1. The molecule has 5 atom stereocenters. The number of phenols is 1. The minimum Gasteiger partial charge on any atom is -0.504 e. The Hall–Kier alpha value is -2.95. The lowest BCUT2D eigenvalue weighted by atomic mass is 9.49. The van der Waals surface area contributed by atoms with Crippen LogP contribution in [0.15, 0.2) is 24.8 Å². The molecule has 0 radical (unpaired) electrons. The van der Waals surface area contributed by atoms with Gasteiger partial charge in [-0.1, -0.05) is 12.1 Å². The fourth-order valence-electron chi connectivity index (χ4n) is 6.05. The molecule has 1 aromatic carbocycles. The van der Waals surface area contributed by atoms with Crippen molar-refractivity contribution in [3.63, 3.8) is 0 Å². The van der Waals surface area contributed by atoms with E-state index >= 15 is 0 Å². The van der Waals surface area contributed by atoms with Gasteiger partial charge in [0.25, 0.3) is 0 Å². The summed E-state index contributed by atoms with van der Waals surface area (Å²) in [6.45, 7) is 5.36. The molecule has 2 aliphatic heterocycles. The van der Waals surface area contributed by atoms with Crippen molar-refractivity contribution >= 4 is 17.7 Å². The summed E-state index contributed by atoms with van der Waals surface area (Å²) in [7, 11) is 0. The number of ether oxygens (including phenoxy) is 1. The standard InChI is InChI=1S/C19H21NO4.C4H6O5/c1-2-8-20-9-7-18-15-11-3-4-12(21)16(15)24-17(18)13(22)5-6-19(18,23)14(20)10-11;5-2(4(8)9)1-3(6)7/h2-4,14,17,21,23H,1,5-10H2;2,5H,1H2,(H,6,7)(H,8,9)/t14-,17+,18+,19-;/m1./s1. The van der Waals surface area contributed by atoms with E-state index in [4.69, 9.17) is 20.1 Å². The minimum absolute atomic E-state index is 0.0408. The number of carboxylic acids is 2. The molecule has 5 N–H and O–H groups in total. The van der Waals surface area contributed by atoms with Gasteiger partial charge in [0, 0.05) is 31.1 Å². The number of ketones is 1. The molecule has 2 bridgehead atoms. The summed E-state index contributed by atoms with van der Waals surface area (Å²) in [5.41, 5.74) is 0.256. The van der Waals surface area contributed by atoms with E-state index in [1.165, 1.54) is 0 Å². The lowest BCUT2D eigenvalue weighted by Gasteiger charge is -2.62. The van der Waals surface area contributed by atoms with E-state index in [0.717, 1.165) is 24.2 Å². The van der Waals surface area contributed by atoms with E-state index < -0.39 is 41.6 Å². The first kappa shape index (κ1) is 23.2. The van der Waals surface area contributed by atoms with Gasteiger partial charge in [-0.05, 0) is 30.9 Å². The van der Waals surface area contributed by atoms with Gasteiger partial charge >= 0.3 is 11.9 Å². The van der Waals surface area contributed by atoms with Crippen LogP contribution in [0.1, 0.15) is 36.8 Å². The van der Waals surface area contributed by atoms with Gasteiger partial charge in [0.2, 0.25) is 0 Å². The number of aliphatic carboxylic acids is 2. The summed E-state index contributed by atoms with van der Waals surface area (Å²) < 4.78 is 5.98. The van der Waals surface area contributed by atoms with E-state index in [0.29, 0.717) is 31.4 Å². The van der Waals surface area contributed by atoms with Crippen LogP contribution < -0.4 is 4.74 Å². The number of hydrogen-bond donors (Lipinski definition) is 5. The second-order valence-corrected chi connectivity index (χ2v) is 9.01. The zero-order valence-corrected chi connectivity index (χ0v) is 17.9. The SMILES string of the molecule is C=CCN1CC[C@]23c4c5ccc(O)c4O[C@H]2C(=O)CC[C@@]3(O)[C@H]1C5.O=C(O)CC(O)C(=O)O. The Labute approximate surface area is 189 Å². The first-order valence-corrected chi connectivity index (χ1v) is 10.8. The smallest absolute Gasteiger partial charge is 0.333 e. The van der Waals surface area contributed by atoms with Crippen LogP contribution in [-0.4, -0.2) is 85.1 Å². The highest BCUT2D eigenvalue weighted by Gasteiger charge is 2.73. The zero-order valence-electron chi connectivity index (χ0n) is 17.9. The van der Waals surface area contributed by atoms with Crippen molar-refractivity contribution in [2.24, 2.45) is 0 Å². The molecule has 5 rings (SSSR count). The number of phenolic OH excluding ortho intramolecular Hbond substituents is 1. The molecule has 2 aliphatic carbocycles. The number of aliphatic hydroxyl groups is 2. The van der Waals surface area contributed by atoms with Crippen LogP contribution in [0.3, 0.4) is 0 Å². The van der Waals surface area contributed by atoms with Crippen molar-refractivity contribution in [2.75, 3.05) is 13.1 Å². The third-order valence-corrected chi connectivity index (χ3v) is 7.39. The van der Waals surface area contributed by atoms with Crippen molar-refractivity contribution in [1.82, 2.24) is 4.90 Å². The van der Waals surface area contributed by atoms with Gasteiger partial charge in [-0.2, -0.15) is 0 Å². The molecular formula is C23H27NO9. The topological polar surface area (TPSA) is 165 Å². The van der Waals surface area contributed by atoms with Crippen molar-refractivity contribution in [2.45, 2.75) is 61.4 Å². The van der Waals surface area contributed by atoms with E-state index in [-0.39, 0.29) is 17.6 Å². The van der Waals surface area contributed by atoms with E-state index in [9.17, 15) is 24.6 Å². The van der Waals surface area contributed by atoms with E-state index in [1.807, 2.05) is 12.1 Å². The Kier molecular flexibility index (Phi) is 5.71. The number of hydrogen-bond acceptors (Lipinski definition) is 8. The van der Waals surface area contributed by atoms with Gasteiger partial charge in [-0.15, -0.1) is 6.58 Å². The predicted octanol–water partition coefficient (Wildman–Crippen LogP) is 0.208. The first-order valence-electron chi connectivity index (χ1n) is 10.8. The Morgan fingerprint density at radius 3 is 2.64 bits per heavy atom. The first-order chi connectivity index (χ1) is 15.6. The predicted molar refractivity (Wildman–Crippen MR) is 113 cm³/mol. The highest BCUT2D eigenvalue weighted by atomic mass is 16.5. The van der Waals surface area contributed by atoms with Gasteiger partial charge in [-0.25, -0.2) is 4.79 Å². The Bertz CT molecular complexity index is 1020. The maximum atomic E-state index is 12.6. The van der Waals surface area contributed by atoms with Crippen molar-refractivity contribution in [3.8, 4) is 11.5 Å². The fourth-order valence-corrected chi connectivity index (χ4v) is 6.05. The number of carboxylic acid groups (broad SMARTS) is 2. The molecule has 0 amide bonds. The summed E-state index contributed by atoms with van der Waals surface area (Å²) in [6.07, 6.45) is 0.802. The lowest BCUT2D eigenvalue weighted by Crippen LogP contribution is -2.76. The molecule has 178 valence electrons. The van der Waals surface area contributed by atoms with Gasteiger partial charge in [0.1, 0.15) is 0 Å². The van der Waals surface area contributed by atoms with E-state index in [2.05, 4.69) is 11.5 Å². The molecule has 10 heteroatoms. The maximum absolute atomic E-state index is 12.6. The number of piperidine rings is 1. The minimum atomic E-state index is -1.79. The second kappa shape index (κ2) is 8.12. The van der Waals surface area contributed by atoms with Crippen LogP contribution in [0, 0.1) is 0 Å². The number of carbonyl (C=O) groups excluding carboxylic acids is 1. The van der Waals surface area contributed by atoms with Crippen molar-refractivity contribution in [1.29, 1.82) is 0 Å². The number of rotatable bonds is 5. The lowest BCUT2D eigenvalue weighted by molar-refractivity contribution is -0.187. The van der Waals surface area contributed by atoms with Gasteiger partial charge in [0.15, 0.2) is 29.5 Å². The molecule has 2 heterocycles. The van der Waals surface area contributed by atoms with E-state index in [1.54, 1.807) is 6.07 Å². The fraction of sp³-hybridized carbons (Fsp3) is 0.522. The van der Waals surface area contributed by atoms with Crippen LogP contribution in [0.5, 0.6) is 11.5 Å². The molecule has 33 heavy (non-hydrogen) atoms. The van der Waals surface area contributed by atoms with Crippen LogP contribution in [0.2, 0.25) is 0 Å². The largest absolute Gasteiger partial charge is 0.504 e. The number of nitrogens with zero attached hydrogens (tertiary/aromatic N) is 1. The number of benzene rings is 1. The molecule has 1 saturated heterocycles. The van der Waals surface area contributed by atoms with Crippen LogP contribution in [-0.2, 0) is 26.2 Å². The third-order valence-electron chi connectivity index (χ3n) is 7.39. The van der Waals surface area contributed by atoms with Gasteiger partial charge in [0.05, 0.1) is 17.4 Å². The molecule has 1 saturated carbocycles. The Morgan fingerprint density at radius 1 is 1.30 bits per heavy atom. The van der Waals surface area contributed by atoms with Crippen LogP contribution in [0.4, 0.5) is 0 Å². The van der Waals surface area contributed by atoms with Crippen LogP contribution in [0.25, 0.3) is 0 Å². The molecule has 0 aromatic heterocycles. The highest BCUT2D eigenvalue weighted by Crippen LogP contribution is 2.64. The summed E-state index contributed by atoms with van der Waals surface area (Å²) in [5, 5.41) is 46.2. The molecular weight excluding hydrogens is 434 g/mol. The van der Waals surface area contributed by atoms with Gasteiger partial charge < -0.3 is 30.3 Å². The number of likely N-dealkylation sites (tertiary alicyclic amines) is 1. The average molecular weight is 461 g/mol. The quantitative estimate of drug-likeness (QED) is 0.383. The number of carbonyl (C=O) groups is 3. The van der Waals surface area contributed by atoms with Crippen molar-refractivity contribution in [3.05, 3.63) is 35.9 Å². The highest BCUT2D eigenvalue weighted by molar-refractivity contribution is 5.90. The summed E-state index contributed by atoms with van der Waals surface area (Å²) in [4.78, 5) is 34.3. The average Bonchev–Trinajstić information content (AvgIpc) is 3.10. The monoisotopic (exact) mass is 461 g/mol. The molecule has 10 nitrogen and oxygen atoms in total. The zero-order chi connectivity index (χ0) is 24.1. The summed E-state index contributed by atoms with van der Waals surface area (Å²) in [5.74, 6) is -2.32. The molecule has 1 unspecified atom stereocenters. The summed E-state index contributed by atoms with van der Waals surface area (Å²) >= 11 is 0.